The summed E-state index contributed by atoms with van der Waals surface area (Å²) in [5, 5.41) is 8.62. The van der Waals surface area contributed by atoms with E-state index in [1.165, 1.54) is 16.0 Å². The predicted octanol–water partition coefficient (Wildman–Crippen LogP) is 3.61. The molecule has 2 N–H and O–H groups in total. The second-order valence-corrected chi connectivity index (χ2v) is 7.17. The van der Waals surface area contributed by atoms with Crippen LogP contribution in [0.1, 0.15) is 31.7 Å². The molecule has 3 rings (SSSR count). The standard InChI is InChI=1S/C19H24N2OS/c1-2-11-20-18(22)19(10-4-12-21-19)14-15-6-8-16(9-7-15)17-5-3-13-23-17/h3,5-9,13,21H,2,4,10-12,14H2,1H3,(H,20,22). The first-order valence-corrected chi connectivity index (χ1v) is 9.28. The molecule has 1 saturated heterocycles. The van der Waals surface area contributed by atoms with E-state index in [0.29, 0.717) is 0 Å². The first kappa shape index (κ1) is 16.2. The molecule has 0 saturated carbocycles. The molecule has 1 aromatic carbocycles. The van der Waals surface area contributed by atoms with E-state index in [1.807, 2.05) is 0 Å². The Morgan fingerprint density at radius 1 is 1.30 bits per heavy atom. The van der Waals surface area contributed by atoms with E-state index in [4.69, 9.17) is 0 Å². The van der Waals surface area contributed by atoms with E-state index < -0.39 is 5.54 Å². The van der Waals surface area contributed by atoms with Crippen LogP contribution in [0.2, 0.25) is 0 Å². The van der Waals surface area contributed by atoms with E-state index in [-0.39, 0.29) is 5.91 Å². The number of benzene rings is 1. The van der Waals surface area contributed by atoms with Gasteiger partial charge in [-0.2, -0.15) is 0 Å². The highest BCUT2D eigenvalue weighted by atomic mass is 32.1. The highest BCUT2D eigenvalue weighted by molar-refractivity contribution is 7.13. The van der Waals surface area contributed by atoms with Gasteiger partial charge >= 0.3 is 0 Å². The molecule has 1 unspecified atom stereocenters. The first-order valence-electron chi connectivity index (χ1n) is 8.40. The summed E-state index contributed by atoms with van der Waals surface area (Å²) in [5.74, 6) is 0.152. The number of hydrogen-bond donors (Lipinski definition) is 2. The van der Waals surface area contributed by atoms with Gasteiger partial charge in [-0.3, -0.25) is 4.79 Å². The van der Waals surface area contributed by atoms with E-state index in [1.54, 1.807) is 11.3 Å². The number of rotatable bonds is 6. The number of thiophene rings is 1. The summed E-state index contributed by atoms with van der Waals surface area (Å²) in [5.41, 5.74) is 2.03. The molecule has 1 aliphatic rings. The molecule has 0 aliphatic carbocycles. The number of carbonyl (C=O) groups is 1. The van der Waals surface area contributed by atoms with Crippen molar-refractivity contribution < 1.29 is 4.79 Å². The lowest BCUT2D eigenvalue weighted by molar-refractivity contribution is -0.127. The Kier molecular flexibility index (Phi) is 5.13. The Bertz CT molecular complexity index is 628. The minimum atomic E-state index is -0.431. The average molecular weight is 328 g/mol. The third-order valence-electron chi connectivity index (χ3n) is 4.48. The molecule has 1 aliphatic heterocycles. The van der Waals surface area contributed by atoms with Gasteiger partial charge in [0, 0.05) is 11.4 Å². The van der Waals surface area contributed by atoms with Crippen LogP contribution in [-0.4, -0.2) is 24.5 Å². The maximum Gasteiger partial charge on any atom is 0.240 e. The summed E-state index contributed by atoms with van der Waals surface area (Å²) in [7, 11) is 0. The van der Waals surface area contributed by atoms with Gasteiger partial charge in [-0.15, -0.1) is 11.3 Å². The smallest absolute Gasteiger partial charge is 0.240 e. The normalized spacial score (nSPS) is 20.6. The Labute approximate surface area is 142 Å². The van der Waals surface area contributed by atoms with Crippen molar-refractivity contribution in [2.24, 2.45) is 0 Å². The largest absolute Gasteiger partial charge is 0.354 e. The van der Waals surface area contributed by atoms with Crippen molar-refractivity contribution in [1.29, 1.82) is 0 Å². The molecule has 2 heterocycles. The maximum absolute atomic E-state index is 12.6. The van der Waals surface area contributed by atoms with Gasteiger partial charge in [0.2, 0.25) is 5.91 Å². The third-order valence-corrected chi connectivity index (χ3v) is 5.40. The molecule has 122 valence electrons. The molecular formula is C19H24N2OS. The van der Waals surface area contributed by atoms with Crippen LogP contribution in [0.25, 0.3) is 10.4 Å². The summed E-state index contributed by atoms with van der Waals surface area (Å²) in [6.07, 6.45) is 3.70. The third kappa shape index (κ3) is 3.65. The van der Waals surface area contributed by atoms with Gasteiger partial charge in [-0.05, 0) is 54.8 Å². The predicted molar refractivity (Wildman–Crippen MR) is 96.7 cm³/mol. The monoisotopic (exact) mass is 328 g/mol. The van der Waals surface area contributed by atoms with Crippen molar-refractivity contribution in [3.8, 4) is 10.4 Å². The van der Waals surface area contributed by atoms with Crippen molar-refractivity contribution in [1.82, 2.24) is 10.6 Å². The Balaban J connectivity index is 1.74. The van der Waals surface area contributed by atoms with Crippen LogP contribution in [0.15, 0.2) is 41.8 Å². The Morgan fingerprint density at radius 2 is 2.13 bits per heavy atom. The van der Waals surface area contributed by atoms with Crippen LogP contribution in [-0.2, 0) is 11.2 Å². The fourth-order valence-corrected chi connectivity index (χ4v) is 3.95. The zero-order chi connectivity index (χ0) is 16.1. The van der Waals surface area contributed by atoms with Crippen LogP contribution < -0.4 is 10.6 Å². The number of carbonyl (C=O) groups excluding carboxylic acids is 1. The van der Waals surface area contributed by atoms with E-state index >= 15 is 0 Å². The molecule has 2 aromatic rings. The van der Waals surface area contributed by atoms with Crippen LogP contribution in [0.5, 0.6) is 0 Å². The molecule has 3 nitrogen and oxygen atoms in total. The van der Waals surface area contributed by atoms with Crippen LogP contribution >= 0.6 is 11.3 Å². The van der Waals surface area contributed by atoms with Gasteiger partial charge < -0.3 is 10.6 Å². The molecule has 0 radical (unpaired) electrons. The zero-order valence-electron chi connectivity index (χ0n) is 13.6. The fourth-order valence-electron chi connectivity index (χ4n) is 3.22. The van der Waals surface area contributed by atoms with E-state index in [2.05, 4.69) is 59.3 Å². The van der Waals surface area contributed by atoms with Gasteiger partial charge in [0.1, 0.15) is 5.54 Å². The highest BCUT2D eigenvalue weighted by Crippen LogP contribution is 2.28. The second-order valence-electron chi connectivity index (χ2n) is 6.22. The highest BCUT2D eigenvalue weighted by Gasteiger charge is 2.40. The van der Waals surface area contributed by atoms with Crippen LogP contribution in [0.3, 0.4) is 0 Å². The van der Waals surface area contributed by atoms with Crippen LogP contribution in [0, 0.1) is 0 Å². The molecule has 0 bridgehead atoms. The van der Waals surface area contributed by atoms with Gasteiger partial charge in [0.25, 0.3) is 0 Å². The minimum absolute atomic E-state index is 0.152. The van der Waals surface area contributed by atoms with Gasteiger partial charge in [0.05, 0.1) is 0 Å². The lowest BCUT2D eigenvalue weighted by Crippen LogP contribution is -2.55. The van der Waals surface area contributed by atoms with Crippen molar-refractivity contribution in [2.75, 3.05) is 13.1 Å². The van der Waals surface area contributed by atoms with Crippen molar-refractivity contribution in [3.05, 3.63) is 47.3 Å². The zero-order valence-corrected chi connectivity index (χ0v) is 14.4. The summed E-state index contributed by atoms with van der Waals surface area (Å²) >= 11 is 1.75. The second kappa shape index (κ2) is 7.28. The molecule has 1 aromatic heterocycles. The molecule has 0 spiro atoms. The molecule has 23 heavy (non-hydrogen) atoms. The lowest BCUT2D eigenvalue weighted by Gasteiger charge is -2.28. The quantitative estimate of drug-likeness (QED) is 0.850. The summed E-state index contributed by atoms with van der Waals surface area (Å²) < 4.78 is 0. The minimum Gasteiger partial charge on any atom is -0.354 e. The van der Waals surface area contributed by atoms with Crippen LogP contribution in [0.4, 0.5) is 0 Å². The van der Waals surface area contributed by atoms with Gasteiger partial charge in [0.15, 0.2) is 0 Å². The van der Waals surface area contributed by atoms with Crippen molar-refractivity contribution in [2.45, 2.75) is 38.1 Å². The summed E-state index contributed by atoms with van der Waals surface area (Å²) in [6.45, 7) is 3.75. The number of amides is 1. The number of hydrogen-bond acceptors (Lipinski definition) is 3. The van der Waals surface area contributed by atoms with Gasteiger partial charge in [-0.1, -0.05) is 37.3 Å². The first-order chi connectivity index (χ1) is 11.2. The molecule has 1 atom stereocenters. The fraction of sp³-hybridized carbons (Fsp3) is 0.421. The molecule has 4 heteroatoms. The Hall–Kier alpha value is -1.65. The van der Waals surface area contributed by atoms with Crippen molar-refractivity contribution >= 4 is 17.2 Å². The van der Waals surface area contributed by atoms with Gasteiger partial charge in [-0.25, -0.2) is 0 Å². The molecule has 1 fully saturated rings. The number of nitrogens with one attached hydrogen (secondary N) is 2. The maximum atomic E-state index is 12.6. The summed E-state index contributed by atoms with van der Waals surface area (Å²) in [4.78, 5) is 13.9. The SMILES string of the molecule is CCCNC(=O)C1(Cc2ccc(-c3cccs3)cc2)CCCN1. The van der Waals surface area contributed by atoms with E-state index in [0.717, 1.165) is 38.8 Å². The molecule has 1 amide bonds. The average Bonchev–Trinajstić information content (AvgIpc) is 3.25. The summed E-state index contributed by atoms with van der Waals surface area (Å²) in [6, 6.07) is 12.8. The molecular weight excluding hydrogens is 304 g/mol. The Morgan fingerprint density at radius 3 is 2.74 bits per heavy atom. The topological polar surface area (TPSA) is 41.1 Å². The lowest BCUT2D eigenvalue weighted by atomic mass is 9.88. The van der Waals surface area contributed by atoms with Crippen molar-refractivity contribution in [3.63, 3.8) is 0 Å². The van der Waals surface area contributed by atoms with E-state index in [9.17, 15) is 4.79 Å².